The van der Waals surface area contributed by atoms with Crippen LogP contribution in [0.15, 0.2) is 60.8 Å². The van der Waals surface area contributed by atoms with Gasteiger partial charge in [-0.25, -0.2) is 24.2 Å². The summed E-state index contributed by atoms with van der Waals surface area (Å²) in [4.78, 5) is 38.8. The van der Waals surface area contributed by atoms with Gasteiger partial charge in [-0.1, -0.05) is 25.1 Å². The third-order valence-electron chi connectivity index (χ3n) is 7.68. The number of nitrogens with one attached hydrogen (secondary N) is 2. The van der Waals surface area contributed by atoms with Crippen molar-refractivity contribution >= 4 is 40.4 Å². The number of urea groups is 1. The van der Waals surface area contributed by atoms with Gasteiger partial charge in [-0.2, -0.15) is 5.10 Å². The maximum Gasteiger partial charge on any atom is 0.409 e. The second-order valence-corrected chi connectivity index (χ2v) is 10.7. The summed E-state index contributed by atoms with van der Waals surface area (Å²) < 4.78 is 12.9. The molecule has 0 radical (unpaired) electrons. The zero-order chi connectivity index (χ0) is 29.6. The molecule has 4 aromatic rings. The molecule has 0 spiro atoms. The van der Waals surface area contributed by atoms with Gasteiger partial charge in [0.05, 0.1) is 37.4 Å². The van der Waals surface area contributed by atoms with Crippen LogP contribution in [0.1, 0.15) is 32.2 Å². The molecule has 6 rings (SSSR count). The van der Waals surface area contributed by atoms with Crippen LogP contribution < -0.4 is 15.5 Å². The number of para-hydroxylation sites is 1. The van der Waals surface area contributed by atoms with E-state index in [1.54, 1.807) is 4.90 Å². The molecule has 2 aliphatic rings. The maximum atomic E-state index is 12.5. The molecule has 2 aromatic heterocycles. The molecule has 2 fully saturated rings. The van der Waals surface area contributed by atoms with E-state index in [0.29, 0.717) is 50.1 Å². The molecule has 0 atom stereocenters. The molecule has 0 bridgehead atoms. The minimum Gasteiger partial charge on any atom is -0.449 e. The molecule has 12 heteroatoms. The first-order valence-corrected chi connectivity index (χ1v) is 14.8. The predicted molar refractivity (Wildman–Crippen MR) is 164 cm³/mol. The highest BCUT2D eigenvalue weighted by atomic mass is 16.6. The smallest absolute Gasteiger partial charge is 0.409 e. The quantitative estimate of drug-likeness (QED) is 0.305. The van der Waals surface area contributed by atoms with Gasteiger partial charge in [-0.3, -0.25) is 0 Å². The van der Waals surface area contributed by atoms with E-state index in [1.807, 2.05) is 72.4 Å². The lowest BCUT2D eigenvalue weighted by Crippen LogP contribution is -2.39. The van der Waals surface area contributed by atoms with Crippen molar-refractivity contribution in [2.75, 3.05) is 61.5 Å². The molecular weight excluding hydrogens is 548 g/mol. The summed E-state index contributed by atoms with van der Waals surface area (Å²) in [6.45, 7) is 6.36. The summed E-state index contributed by atoms with van der Waals surface area (Å²) in [6.07, 6.45) is 3.92. The van der Waals surface area contributed by atoms with Crippen molar-refractivity contribution in [1.82, 2.24) is 24.6 Å². The van der Waals surface area contributed by atoms with Crippen LogP contribution in [-0.2, 0) is 9.47 Å². The Balaban J connectivity index is 1.24. The SMILES string of the molecule is CCCOC(=O)N1CCC(n2ncc3c(N4CCOCC4)nc(-c4ccc(NC(=O)Nc5ccccc5)cc4)nc32)CC1. The number of piperidine rings is 1. The largest absolute Gasteiger partial charge is 0.449 e. The summed E-state index contributed by atoms with van der Waals surface area (Å²) in [5, 5.41) is 11.4. The molecule has 0 unspecified atom stereocenters. The summed E-state index contributed by atoms with van der Waals surface area (Å²) in [5.74, 6) is 1.41. The van der Waals surface area contributed by atoms with Gasteiger partial charge in [0.25, 0.3) is 0 Å². The number of nitrogens with zero attached hydrogens (tertiary/aromatic N) is 6. The number of aromatic nitrogens is 4. The van der Waals surface area contributed by atoms with Gasteiger partial charge in [-0.05, 0) is 55.7 Å². The number of amides is 3. The lowest BCUT2D eigenvalue weighted by Gasteiger charge is -2.31. The molecule has 0 saturated carbocycles. The standard InChI is InChI=1S/C31H36N8O4/c1-2-18-43-31(41)38-14-12-25(13-15-38)39-29-26(21-32-39)28(37-16-19-42-20-17-37)35-27(36-29)22-8-10-24(11-9-22)34-30(40)33-23-6-4-3-5-7-23/h3-11,21,25H,2,12-20H2,1H3,(H2,33,34,40). The number of carbonyl (C=O) groups is 2. The number of fused-ring (bicyclic) bond motifs is 1. The van der Waals surface area contributed by atoms with Gasteiger partial charge < -0.3 is 29.9 Å². The van der Waals surface area contributed by atoms with Crippen LogP contribution in [0.3, 0.4) is 0 Å². The fraction of sp³-hybridized carbons (Fsp3) is 0.387. The van der Waals surface area contributed by atoms with Gasteiger partial charge in [-0.15, -0.1) is 0 Å². The molecule has 2 aromatic carbocycles. The van der Waals surface area contributed by atoms with E-state index in [1.165, 1.54) is 0 Å². The van der Waals surface area contributed by atoms with E-state index in [0.717, 1.165) is 54.8 Å². The number of hydrogen-bond acceptors (Lipinski definition) is 8. The van der Waals surface area contributed by atoms with Crippen molar-refractivity contribution < 1.29 is 19.1 Å². The van der Waals surface area contributed by atoms with Crippen molar-refractivity contribution in [1.29, 1.82) is 0 Å². The van der Waals surface area contributed by atoms with Crippen molar-refractivity contribution in [3.63, 3.8) is 0 Å². The van der Waals surface area contributed by atoms with Gasteiger partial charge in [0.1, 0.15) is 5.82 Å². The highest BCUT2D eigenvalue weighted by molar-refractivity contribution is 5.99. The number of ether oxygens (including phenoxy) is 2. The van der Waals surface area contributed by atoms with Crippen molar-refractivity contribution in [2.45, 2.75) is 32.2 Å². The first-order valence-electron chi connectivity index (χ1n) is 14.8. The minimum absolute atomic E-state index is 0.0997. The predicted octanol–water partition coefficient (Wildman–Crippen LogP) is 5.16. The number of morpholine rings is 1. The first-order chi connectivity index (χ1) is 21.1. The molecular formula is C31H36N8O4. The molecule has 224 valence electrons. The maximum absolute atomic E-state index is 12.5. The normalized spacial score (nSPS) is 15.8. The van der Waals surface area contributed by atoms with Crippen LogP contribution in [0.25, 0.3) is 22.4 Å². The fourth-order valence-electron chi connectivity index (χ4n) is 5.41. The monoisotopic (exact) mass is 584 g/mol. The Hall–Kier alpha value is -4.71. The Morgan fingerprint density at radius 3 is 2.33 bits per heavy atom. The van der Waals surface area contributed by atoms with E-state index in [2.05, 4.69) is 15.5 Å². The van der Waals surface area contributed by atoms with Gasteiger partial charge in [0.15, 0.2) is 11.5 Å². The zero-order valence-corrected chi connectivity index (χ0v) is 24.2. The Labute approximate surface area is 250 Å². The molecule has 4 heterocycles. The number of hydrogen-bond donors (Lipinski definition) is 2. The lowest BCUT2D eigenvalue weighted by atomic mass is 10.1. The van der Waals surface area contributed by atoms with Gasteiger partial charge >= 0.3 is 12.1 Å². The van der Waals surface area contributed by atoms with Gasteiger partial charge in [0, 0.05) is 43.1 Å². The van der Waals surface area contributed by atoms with E-state index < -0.39 is 0 Å². The molecule has 43 heavy (non-hydrogen) atoms. The summed E-state index contributed by atoms with van der Waals surface area (Å²) >= 11 is 0. The highest BCUT2D eigenvalue weighted by Crippen LogP contribution is 2.32. The average Bonchev–Trinajstić information content (AvgIpc) is 3.48. The number of anilines is 3. The third-order valence-corrected chi connectivity index (χ3v) is 7.68. The van der Waals surface area contributed by atoms with Crippen LogP contribution in [0, 0.1) is 0 Å². The van der Waals surface area contributed by atoms with E-state index in [9.17, 15) is 9.59 Å². The van der Waals surface area contributed by atoms with Crippen LogP contribution in [0.2, 0.25) is 0 Å². The Morgan fingerprint density at radius 2 is 1.63 bits per heavy atom. The molecule has 0 aliphatic carbocycles. The Bertz CT molecular complexity index is 1550. The first kappa shape index (κ1) is 28.4. The zero-order valence-electron chi connectivity index (χ0n) is 24.2. The molecule has 12 nitrogen and oxygen atoms in total. The van der Waals surface area contributed by atoms with Crippen molar-refractivity contribution in [3.8, 4) is 11.4 Å². The number of benzene rings is 2. The molecule has 2 N–H and O–H groups in total. The lowest BCUT2D eigenvalue weighted by molar-refractivity contribution is 0.0879. The van der Waals surface area contributed by atoms with Crippen LogP contribution >= 0.6 is 0 Å². The van der Waals surface area contributed by atoms with Crippen molar-refractivity contribution in [3.05, 3.63) is 60.8 Å². The number of carbonyl (C=O) groups excluding carboxylic acids is 2. The second-order valence-electron chi connectivity index (χ2n) is 10.7. The minimum atomic E-state index is -0.320. The van der Waals surface area contributed by atoms with Gasteiger partial charge in [0.2, 0.25) is 0 Å². The van der Waals surface area contributed by atoms with Crippen LogP contribution in [0.4, 0.5) is 26.8 Å². The molecule has 2 aliphatic heterocycles. The van der Waals surface area contributed by atoms with E-state index in [4.69, 9.17) is 24.5 Å². The van der Waals surface area contributed by atoms with Crippen molar-refractivity contribution in [2.24, 2.45) is 0 Å². The number of rotatable bonds is 7. The molecule has 2 saturated heterocycles. The third kappa shape index (κ3) is 6.54. The second kappa shape index (κ2) is 13.1. The van der Waals surface area contributed by atoms with Crippen LogP contribution in [-0.4, -0.2) is 82.8 Å². The topological polar surface area (TPSA) is 127 Å². The summed E-state index contributed by atoms with van der Waals surface area (Å²) in [5.41, 5.74) is 2.96. The Kier molecular flexibility index (Phi) is 8.64. The van der Waals surface area contributed by atoms with E-state index >= 15 is 0 Å². The summed E-state index contributed by atoms with van der Waals surface area (Å²) in [7, 11) is 0. The van der Waals surface area contributed by atoms with Crippen LogP contribution in [0.5, 0.6) is 0 Å². The number of likely N-dealkylation sites (tertiary alicyclic amines) is 1. The highest BCUT2D eigenvalue weighted by Gasteiger charge is 2.28. The average molecular weight is 585 g/mol. The summed E-state index contributed by atoms with van der Waals surface area (Å²) in [6, 6.07) is 16.6. The Morgan fingerprint density at radius 1 is 0.930 bits per heavy atom. The fourth-order valence-corrected chi connectivity index (χ4v) is 5.41. The molecule has 3 amide bonds. The van der Waals surface area contributed by atoms with E-state index in [-0.39, 0.29) is 18.2 Å².